The Morgan fingerprint density at radius 2 is 1.62 bits per heavy atom. The van der Waals surface area contributed by atoms with Gasteiger partial charge in [-0.05, 0) is 60.4 Å². The smallest absolute Gasteiger partial charge is 0.283 e. The molecule has 1 aliphatic rings. The Bertz CT molecular complexity index is 1310. The average molecular weight is 474 g/mol. The Morgan fingerprint density at radius 1 is 0.912 bits per heavy atom. The van der Waals surface area contributed by atoms with Gasteiger partial charge < -0.3 is 10.6 Å². The first-order chi connectivity index (χ1) is 16.3. The molecule has 172 valence electrons. The molecule has 3 aromatic rings. The van der Waals surface area contributed by atoms with Crippen molar-refractivity contribution in [2.24, 2.45) is 0 Å². The molecule has 0 saturated carbocycles. The van der Waals surface area contributed by atoms with Gasteiger partial charge in [-0.25, -0.2) is 4.90 Å². The third kappa shape index (κ3) is 4.58. The second-order valence-corrected chi connectivity index (χ2v) is 8.73. The molecule has 0 spiro atoms. The molecule has 3 aromatic carbocycles. The lowest BCUT2D eigenvalue weighted by atomic mass is 10.0. The molecule has 2 N–H and O–H groups in total. The number of anilines is 3. The van der Waals surface area contributed by atoms with Gasteiger partial charge in [0.15, 0.2) is 0 Å². The maximum atomic E-state index is 13.1. The topological polar surface area (TPSA) is 78.5 Å². The number of para-hydroxylation sites is 1. The molecule has 34 heavy (non-hydrogen) atoms. The van der Waals surface area contributed by atoms with E-state index in [1.165, 1.54) is 0 Å². The SMILES string of the molecule is Cc1ccccc1NC(=O)c1cccc(NC2=C(Cl)C(=O)N(c3ccc(C(C)C)cc3)C2=O)c1. The summed E-state index contributed by atoms with van der Waals surface area (Å²) in [6.07, 6.45) is 0. The van der Waals surface area contributed by atoms with Crippen LogP contribution in [0.15, 0.2) is 83.5 Å². The van der Waals surface area contributed by atoms with Crippen LogP contribution in [0.4, 0.5) is 17.1 Å². The van der Waals surface area contributed by atoms with Gasteiger partial charge in [0.1, 0.15) is 10.7 Å². The van der Waals surface area contributed by atoms with E-state index in [1.54, 1.807) is 36.4 Å². The fourth-order valence-electron chi connectivity index (χ4n) is 3.64. The van der Waals surface area contributed by atoms with Crippen molar-refractivity contribution < 1.29 is 14.4 Å². The van der Waals surface area contributed by atoms with Gasteiger partial charge in [0.25, 0.3) is 17.7 Å². The first kappa shape index (κ1) is 23.3. The molecule has 3 amide bonds. The van der Waals surface area contributed by atoms with E-state index in [0.29, 0.717) is 28.5 Å². The number of rotatable bonds is 6. The van der Waals surface area contributed by atoms with Crippen LogP contribution in [0.25, 0.3) is 0 Å². The maximum absolute atomic E-state index is 13.1. The summed E-state index contributed by atoms with van der Waals surface area (Å²) in [4.78, 5) is 39.6. The van der Waals surface area contributed by atoms with Crippen molar-refractivity contribution in [2.45, 2.75) is 26.7 Å². The minimum atomic E-state index is -0.597. The summed E-state index contributed by atoms with van der Waals surface area (Å²) in [5.74, 6) is -1.12. The monoisotopic (exact) mass is 473 g/mol. The molecule has 7 heteroatoms. The summed E-state index contributed by atoms with van der Waals surface area (Å²) in [5.41, 5.74) is 4.02. The zero-order valence-corrected chi connectivity index (χ0v) is 19.8. The van der Waals surface area contributed by atoms with Crippen LogP contribution >= 0.6 is 11.6 Å². The normalized spacial score (nSPS) is 13.6. The summed E-state index contributed by atoms with van der Waals surface area (Å²) >= 11 is 6.25. The molecule has 6 nitrogen and oxygen atoms in total. The second-order valence-electron chi connectivity index (χ2n) is 8.36. The van der Waals surface area contributed by atoms with Gasteiger partial charge in [-0.2, -0.15) is 0 Å². The second kappa shape index (κ2) is 9.53. The largest absolute Gasteiger partial charge is 0.350 e. The number of nitrogens with zero attached hydrogens (tertiary/aromatic N) is 1. The molecule has 0 atom stereocenters. The molecular formula is C27H24ClN3O3. The van der Waals surface area contributed by atoms with Gasteiger partial charge in [0.2, 0.25) is 0 Å². The number of nitrogens with one attached hydrogen (secondary N) is 2. The zero-order chi connectivity index (χ0) is 24.4. The van der Waals surface area contributed by atoms with E-state index in [1.807, 2.05) is 43.3 Å². The Hall–Kier alpha value is -3.90. The highest BCUT2D eigenvalue weighted by atomic mass is 35.5. The third-order valence-electron chi connectivity index (χ3n) is 5.63. The summed E-state index contributed by atoms with van der Waals surface area (Å²) in [7, 11) is 0. The molecule has 0 radical (unpaired) electrons. The van der Waals surface area contributed by atoms with Crippen LogP contribution in [0, 0.1) is 6.92 Å². The van der Waals surface area contributed by atoms with Crippen LogP contribution < -0.4 is 15.5 Å². The van der Waals surface area contributed by atoms with Gasteiger partial charge in [-0.3, -0.25) is 14.4 Å². The highest BCUT2D eigenvalue weighted by Gasteiger charge is 2.39. The van der Waals surface area contributed by atoms with Crippen molar-refractivity contribution in [1.82, 2.24) is 0 Å². The van der Waals surface area contributed by atoms with Gasteiger partial charge in [-0.15, -0.1) is 0 Å². The predicted molar refractivity (Wildman–Crippen MR) is 135 cm³/mol. The quantitative estimate of drug-likeness (QED) is 0.443. The van der Waals surface area contributed by atoms with Gasteiger partial charge in [-0.1, -0.05) is 61.8 Å². The number of amides is 3. The minimum absolute atomic E-state index is 0.0314. The molecule has 0 aromatic heterocycles. The van der Waals surface area contributed by atoms with Crippen molar-refractivity contribution in [1.29, 1.82) is 0 Å². The Balaban J connectivity index is 1.53. The van der Waals surface area contributed by atoms with Gasteiger partial charge in [0.05, 0.1) is 5.69 Å². The molecule has 0 fully saturated rings. The zero-order valence-electron chi connectivity index (χ0n) is 19.1. The number of imide groups is 1. The van der Waals surface area contributed by atoms with Crippen LogP contribution in [0.3, 0.4) is 0 Å². The van der Waals surface area contributed by atoms with Crippen LogP contribution in [0.2, 0.25) is 0 Å². The Morgan fingerprint density at radius 3 is 2.29 bits per heavy atom. The van der Waals surface area contributed by atoms with E-state index >= 15 is 0 Å². The Labute approximate surface area is 203 Å². The number of halogens is 1. The molecule has 0 saturated heterocycles. The van der Waals surface area contributed by atoms with Crippen LogP contribution in [-0.2, 0) is 9.59 Å². The van der Waals surface area contributed by atoms with Crippen LogP contribution in [0.5, 0.6) is 0 Å². The van der Waals surface area contributed by atoms with Gasteiger partial charge >= 0.3 is 0 Å². The fraction of sp³-hybridized carbons (Fsp3) is 0.148. The van der Waals surface area contributed by atoms with E-state index in [2.05, 4.69) is 24.5 Å². The van der Waals surface area contributed by atoms with E-state index in [-0.39, 0.29) is 16.6 Å². The van der Waals surface area contributed by atoms with Crippen molar-refractivity contribution in [3.05, 3.63) is 100 Å². The van der Waals surface area contributed by atoms with E-state index < -0.39 is 11.8 Å². The lowest BCUT2D eigenvalue weighted by molar-refractivity contribution is -0.120. The average Bonchev–Trinajstić information content (AvgIpc) is 3.04. The summed E-state index contributed by atoms with van der Waals surface area (Å²) in [6.45, 7) is 6.04. The lowest BCUT2D eigenvalue weighted by Gasteiger charge is -2.16. The minimum Gasteiger partial charge on any atom is -0.350 e. The lowest BCUT2D eigenvalue weighted by Crippen LogP contribution is -2.32. The molecule has 4 rings (SSSR count). The van der Waals surface area contributed by atoms with Crippen molar-refractivity contribution in [2.75, 3.05) is 15.5 Å². The number of aryl methyl sites for hydroxylation is 1. The number of hydrogen-bond acceptors (Lipinski definition) is 4. The highest BCUT2D eigenvalue weighted by molar-refractivity contribution is 6.53. The van der Waals surface area contributed by atoms with E-state index in [0.717, 1.165) is 16.0 Å². The molecule has 1 aliphatic heterocycles. The van der Waals surface area contributed by atoms with Gasteiger partial charge in [0, 0.05) is 16.9 Å². The first-order valence-electron chi connectivity index (χ1n) is 10.9. The standard InChI is InChI=1S/C27H24ClN3O3/c1-16(2)18-11-13-21(14-12-18)31-26(33)23(28)24(27(31)34)29-20-9-6-8-19(15-20)25(32)30-22-10-5-4-7-17(22)3/h4-16,29H,1-3H3,(H,30,32). The number of benzene rings is 3. The third-order valence-corrected chi connectivity index (χ3v) is 5.98. The van der Waals surface area contributed by atoms with Crippen LogP contribution in [-0.4, -0.2) is 17.7 Å². The summed E-state index contributed by atoms with van der Waals surface area (Å²) in [5, 5.41) is 5.60. The molecule has 0 aliphatic carbocycles. The molecule has 0 bridgehead atoms. The maximum Gasteiger partial charge on any atom is 0.283 e. The number of carbonyl (C=O) groups is 3. The molecular weight excluding hydrogens is 450 g/mol. The summed E-state index contributed by atoms with van der Waals surface area (Å²) in [6, 6.07) is 21.4. The van der Waals surface area contributed by atoms with Crippen molar-refractivity contribution in [3.8, 4) is 0 Å². The number of carbonyl (C=O) groups excluding carboxylic acids is 3. The first-order valence-corrected chi connectivity index (χ1v) is 11.3. The van der Waals surface area contributed by atoms with E-state index in [9.17, 15) is 14.4 Å². The highest BCUT2D eigenvalue weighted by Crippen LogP contribution is 2.31. The molecule has 1 heterocycles. The molecule has 0 unspecified atom stereocenters. The number of hydrogen-bond donors (Lipinski definition) is 2. The summed E-state index contributed by atoms with van der Waals surface area (Å²) < 4.78 is 0. The van der Waals surface area contributed by atoms with Crippen molar-refractivity contribution in [3.63, 3.8) is 0 Å². The Kier molecular flexibility index (Phi) is 6.52. The van der Waals surface area contributed by atoms with Crippen LogP contribution in [0.1, 0.15) is 41.3 Å². The van der Waals surface area contributed by atoms with E-state index in [4.69, 9.17) is 11.6 Å². The predicted octanol–water partition coefficient (Wildman–Crippen LogP) is 5.81. The fourth-order valence-corrected chi connectivity index (χ4v) is 3.86. The van der Waals surface area contributed by atoms with Crippen molar-refractivity contribution >= 4 is 46.4 Å².